The predicted molar refractivity (Wildman–Crippen MR) is 104 cm³/mol. The van der Waals surface area contributed by atoms with Crippen molar-refractivity contribution in [3.8, 4) is 11.5 Å². The molecule has 1 fully saturated rings. The van der Waals surface area contributed by atoms with Gasteiger partial charge in [-0.15, -0.1) is 0 Å². The molecule has 1 aliphatic heterocycles. The van der Waals surface area contributed by atoms with Crippen molar-refractivity contribution >= 4 is 11.6 Å². The molecule has 0 aromatic heterocycles. The summed E-state index contributed by atoms with van der Waals surface area (Å²) in [6, 6.07) is 5.75. The van der Waals surface area contributed by atoms with E-state index in [-0.39, 0.29) is 0 Å². The van der Waals surface area contributed by atoms with Crippen LogP contribution in [0.1, 0.15) is 26.2 Å². The molecular formula is C19H32N4O2. The van der Waals surface area contributed by atoms with Crippen LogP contribution in [0.3, 0.4) is 0 Å². The second kappa shape index (κ2) is 10.1. The van der Waals surface area contributed by atoms with E-state index in [1.54, 1.807) is 21.3 Å². The molecule has 1 aromatic rings. The molecule has 1 aromatic carbocycles. The smallest absolute Gasteiger partial charge is 0.195 e. The Morgan fingerprint density at radius 2 is 1.92 bits per heavy atom. The van der Waals surface area contributed by atoms with Gasteiger partial charge in [0, 0.05) is 25.3 Å². The highest BCUT2D eigenvalue weighted by Crippen LogP contribution is 2.29. The van der Waals surface area contributed by atoms with Gasteiger partial charge in [0.25, 0.3) is 0 Å². The molecule has 2 N–H and O–H groups in total. The quantitative estimate of drug-likeness (QED) is 0.586. The largest absolute Gasteiger partial charge is 0.493 e. The first kappa shape index (κ1) is 19.4. The van der Waals surface area contributed by atoms with E-state index >= 15 is 0 Å². The van der Waals surface area contributed by atoms with E-state index in [1.807, 2.05) is 18.2 Å². The molecule has 140 valence electrons. The highest BCUT2D eigenvalue weighted by Gasteiger charge is 2.17. The van der Waals surface area contributed by atoms with Gasteiger partial charge < -0.3 is 25.0 Å². The fourth-order valence-electron chi connectivity index (χ4n) is 3.22. The molecule has 0 saturated carbocycles. The van der Waals surface area contributed by atoms with Gasteiger partial charge in [0.05, 0.1) is 14.2 Å². The van der Waals surface area contributed by atoms with Gasteiger partial charge in [-0.1, -0.05) is 6.92 Å². The lowest BCUT2D eigenvalue weighted by Crippen LogP contribution is -2.36. The van der Waals surface area contributed by atoms with Crippen LogP contribution in [0.4, 0.5) is 5.69 Å². The van der Waals surface area contributed by atoms with Crippen molar-refractivity contribution < 1.29 is 9.47 Å². The summed E-state index contributed by atoms with van der Waals surface area (Å²) < 4.78 is 10.6. The number of aliphatic imine (C=N–C) groups is 1. The Hall–Kier alpha value is -1.95. The van der Waals surface area contributed by atoms with Crippen LogP contribution in [-0.2, 0) is 0 Å². The van der Waals surface area contributed by atoms with Gasteiger partial charge in [0.15, 0.2) is 17.5 Å². The normalized spacial score (nSPS) is 16.6. The molecule has 2 rings (SSSR count). The summed E-state index contributed by atoms with van der Waals surface area (Å²) in [6.45, 7) is 6.82. The first-order valence-corrected chi connectivity index (χ1v) is 9.12. The van der Waals surface area contributed by atoms with Crippen molar-refractivity contribution in [3.63, 3.8) is 0 Å². The maximum atomic E-state index is 5.34. The predicted octanol–water partition coefficient (Wildman–Crippen LogP) is 2.81. The number of hydrogen-bond donors (Lipinski definition) is 2. The van der Waals surface area contributed by atoms with Gasteiger partial charge in [0.1, 0.15) is 0 Å². The van der Waals surface area contributed by atoms with Crippen molar-refractivity contribution in [2.75, 3.05) is 52.8 Å². The molecule has 0 bridgehead atoms. The topological polar surface area (TPSA) is 58.1 Å². The number of nitrogens with one attached hydrogen (secondary N) is 2. The summed E-state index contributed by atoms with van der Waals surface area (Å²) >= 11 is 0. The van der Waals surface area contributed by atoms with Crippen LogP contribution in [0.2, 0.25) is 0 Å². The zero-order valence-electron chi connectivity index (χ0n) is 16.0. The minimum absolute atomic E-state index is 0.700. The summed E-state index contributed by atoms with van der Waals surface area (Å²) in [6.07, 6.45) is 3.79. The van der Waals surface area contributed by atoms with Gasteiger partial charge in [-0.2, -0.15) is 0 Å². The first-order valence-electron chi connectivity index (χ1n) is 9.12. The average molecular weight is 348 g/mol. The van der Waals surface area contributed by atoms with Crippen LogP contribution in [0.25, 0.3) is 0 Å². The summed E-state index contributed by atoms with van der Waals surface area (Å²) in [5, 5.41) is 6.71. The zero-order valence-corrected chi connectivity index (χ0v) is 16.0. The maximum Gasteiger partial charge on any atom is 0.195 e. The fourth-order valence-corrected chi connectivity index (χ4v) is 3.22. The van der Waals surface area contributed by atoms with Crippen molar-refractivity contribution in [2.24, 2.45) is 10.9 Å². The summed E-state index contributed by atoms with van der Waals surface area (Å²) in [4.78, 5) is 6.83. The molecule has 6 heteroatoms. The Balaban J connectivity index is 1.79. The van der Waals surface area contributed by atoms with Crippen LogP contribution >= 0.6 is 0 Å². The standard InChI is InChI=1S/C19H32N4O2/c1-5-23-12-9-15(10-13-23)8-11-21-19(20-2)22-16-6-7-17(24-3)18(14-16)25-4/h6-7,14-15H,5,8-13H2,1-4H3,(H2,20,21,22). The number of nitrogens with zero attached hydrogens (tertiary/aromatic N) is 2. The molecular weight excluding hydrogens is 316 g/mol. The van der Waals surface area contributed by atoms with Crippen LogP contribution in [0, 0.1) is 5.92 Å². The number of hydrogen-bond acceptors (Lipinski definition) is 4. The van der Waals surface area contributed by atoms with Gasteiger partial charge in [-0.25, -0.2) is 0 Å². The highest BCUT2D eigenvalue weighted by molar-refractivity contribution is 5.93. The van der Waals surface area contributed by atoms with Crippen LogP contribution < -0.4 is 20.1 Å². The van der Waals surface area contributed by atoms with Crippen LogP contribution in [0.15, 0.2) is 23.2 Å². The lowest BCUT2D eigenvalue weighted by atomic mass is 9.93. The number of methoxy groups -OCH3 is 2. The van der Waals surface area contributed by atoms with E-state index in [2.05, 4.69) is 27.4 Å². The Morgan fingerprint density at radius 1 is 1.20 bits per heavy atom. The van der Waals surface area contributed by atoms with E-state index in [0.717, 1.165) is 29.9 Å². The Kier molecular flexibility index (Phi) is 7.85. The third-order valence-electron chi connectivity index (χ3n) is 4.87. The summed E-state index contributed by atoms with van der Waals surface area (Å²) in [5.41, 5.74) is 0.919. The third-order valence-corrected chi connectivity index (χ3v) is 4.87. The molecule has 0 unspecified atom stereocenters. The monoisotopic (exact) mass is 348 g/mol. The molecule has 1 heterocycles. The second-order valence-corrected chi connectivity index (χ2v) is 6.36. The van der Waals surface area contributed by atoms with Gasteiger partial charge in [-0.05, 0) is 56.9 Å². The van der Waals surface area contributed by atoms with E-state index in [9.17, 15) is 0 Å². The van der Waals surface area contributed by atoms with Gasteiger partial charge >= 0.3 is 0 Å². The molecule has 0 aliphatic carbocycles. The average Bonchev–Trinajstić information content (AvgIpc) is 2.67. The van der Waals surface area contributed by atoms with E-state index in [1.165, 1.54) is 38.9 Å². The molecule has 0 amide bonds. The lowest BCUT2D eigenvalue weighted by molar-refractivity contribution is 0.187. The number of piperidine rings is 1. The number of benzene rings is 1. The van der Waals surface area contributed by atoms with E-state index in [4.69, 9.17) is 9.47 Å². The molecule has 1 aliphatic rings. The SMILES string of the molecule is CCN1CCC(CCNC(=NC)Nc2ccc(OC)c(OC)c2)CC1. The lowest BCUT2D eigenvalue weighted by Gasteiger charge is -2.31. The van der Waals surface area contributed by atoms with Crippen molar-refractivity contribution in [1.82, 2.24) is 10.2 Å². The molecule has 0 atom stereocenters. The third kappa shape index (κ3) is 5.81. The molecule has 25 heavy (non-hydrogen) atoms. The maximum absolute atomic E-state index is 5.34. The van der Waals surface area contributed by atoms with E-state index in [0.29, 0.717) is 5.75 Å². The Morgan fingerprint density at radius 3 is 2.52 bits per heavy atom. The van der Waals surface area contributed by atoms with Gasteiger partial charge in [0.2, 0.25) is 0 Å². The van der Waals surface area contributed by atoms with Crippen molar-refractivity contribution in [3.05, 3.63) is 18.2 Å². The summed E-state index contributed by atoms with van der Waals surface area (Å²) in [5.74, 6) is 3.01. The Bertz CT molecular complexity index is 554. The number of rotatable bonds is 7. The number of ether oxygens (including phenoxy) is 2. The fraction of sp³-hybridized carbons (Fsp3) is 0.632. The number of guanidine groups is 1. The Labute approximate surface area is 151 Å². The molecule has 6 nitrogen and oxygen atoms in total. The first-order chi connectivity index (χ1) is 12.2. The van der Waals surface area contributed by atoms with Crippen LogP contribution in [-0.4, -0.2) is 58.3 Å². The molecule has 0 spiro atoms. The van der Waals surface area contributed by atoms with Crippen LogP contribution in [0.5, 0.6) is 11.5 Å². The van der Waals surface area contributed by atoms with Gasteiger partial charge in [-0.3, -0.25) is 4.99 Å². The van der Waals surface area contributed by atoms with E-state index < -0.39 is 0 Å². The van der Waals surface area contributed by atoms with Crippen molar-refractivity contribution in [1.29, 1.82) is 0 Å². The van der Waals surface area contributed by atoms with Crippen molar-refractivity contribution in [2.45, 2.75) is 26.2 Å². The molecule has 0 radical (unpaired) electrons. The molecule has 1 saturated heterocycles. The second-order valence-electron chi connectivity index (χ2n) is 6.36. The minimum Gasteiger partial charge on any atom is -0.493 e. The number of likely N-dealkylation sites (tertiary alicyclic amines) is 1. The summed E-state index contributed by atoms with van der Waals surface area (Å²) in [7, 11) is 5.06. The highest BCUT2D eigenvalue weighted by atomic mass is 16.5. The zero-order chi connectivity index (χ0) is 18.1. The number of anilines is 1. The minimum atomic E-state index is 0.700.